The third-order valence-corrected chi connectivity index (χ3v) is 3.46. The fourth-order valence-electron chi connectivity index (χ4n) is 1.03. The van der Waals surface area contributed by atoms with Crippen LogP contribution in [0.2, 0.25) is 0 Å². The first kappa shape index (κ1) is 11.1. The van der Waals surface area contributed by atoms with Gasteiger partial charge in [-0.1, -0.05) is 13.8 Å². The van der Waals surface area contributed by atoms with Crippen molar-refractivity contribution in [3.8, 4) is 0 Å². The van der Waals surface area contributed by atoms with E-state index < -0.39 is 10.8 Å². The van der Waals surface area contributed by atoms with Crippen molar-refractivity contribution in [1.29, 1.82) is 0 Å². The maximum Gasteiger partial charge on any atom is 0.0334 e. The van der Waals surface area contributed by atoms with Gasteiger partial charge in [-0.25, -0.2) is 0 Å². The minimum atomic E-state index is -0.665. The Kier molecular flexibility index (Phi) is 5.78. The molecule has 3 unspecified atom stereocenters. The van der Waals surface area contributed by atoms with E-state index in [0.717, 1.165) is 18.6 Å². The first-order valence-electron chi connectivity index (χ1n) is 4.20. The summed E-state index contributed by atoms with van der Waals surface area (Å²) >= 11 is 0. The van der Waals surface area contributed by atoms with Gasteiger partial charge in [-0.2, -0.15) is 0 Å². The predicted molar refractivity (Wildman–Crippen MR) is 51.0 cm³/mol. The molecule has 0 saturated heterocycles. The molecule has 0 amide bonds. The van der Waals surface area contributed by atoms with Crippen LogP contribution in [0.4, 0.5) is 0 Å². The molecule has 0 aliphatic carbocycles. The summed E-state index contributed by atoms with van der Waals surface area (Å²) in [5.41, 5.74) is 5.59. The monoisotopic (exact) mass is 177 g/mol. The second kappa shape index (κ2) is 5.72. The molecule has 0 saturated carbocycles. The van der Waals surface area contributed by atoms with Crippen LogP contribution in [-0.4, -0.2) is 21.3 Å². The molecule has 0 aliphatic heterocycles. The standard InChI is InChI=1S/C8H19NOS/c1-4-5-11(10)8(3)6-7(2)9/h7-8H,4-6,9H2,1-3H3. The van der Waals surface area contributed by atoms with Crippen molar-refractivity contribution in [2.24, 2.45) is 5.73 Å². The normalized spacial score (nSPS) is 19.3. The molecule has 0 fully saturated rings. The summed E-state index contributed by atoms with van der Waals surface area (Å²) in [5, 5.41) is 0.259. The lowest BCUT2D eigenvalue weighted by Crippen LogP contribution is -2.24. The molecule has 0 aromatic carbocycles. The molecule has 3 heteroatoms. The Bertz CT molecular complexity index is 125. The maximum atomic E-state index is 11.3. The highest BCUT2D eigenvalue weighted by molar-refractivity contribution is 7.85. The Hall–Kier alpha value is 0.110. The summed E-state index contributed by atoms with van der Waals surface area (Å²) in [4.78, 5) is 0. The van der Waals surface area contributed by atoms with Crippen molar-refractivity contribution in [1.82, 2.24) is 0 Å². The van der Waals surface area contributed by atoms with E-state index in [2.05, 4.69) is 6.92 Å². The topological polar surface area (TPSA) is 43.1 Å². The number of rotatable bonds is 5. The van der Waals surface area contributed by atoms with Gasteiger partial charge in [0.05, 0.1) is 0 Å². The highest BCUT2D eigenvalue weighted by Crippen LogP contribution is 2.04. The van der Waals surface area contributed by atoms with Crippen LogP contribution in [0.3, 0.4) is 0 Å². The number of nitrogens with two attached hydrogens (primary N) is 1. The summed E-state index contributed by atoms with van der Waals surface area (Å²) in [5.74, 6) is 0.813. The van der Waals surface area contributed by atoms with Gasteiger partial charge in [-0.3, -0.25) is 4.21 Å². The number of hydrogen-bond acceptors (Lipinski definition) is 2. The molecule has 0 heterocycles. The van der Waals surface area contributed by atoms with E-state index in [1.807, 2.05) is 13.8 Å². The zero-order valence-electron chi connectivity index (χ0n) is 7.67. The summed E-state index contributed by atoms with van der Waals surface area (Å²) in [6.45, 7) is 6.02. The largest absolute Gasteiger partial charge is 0.328 e. The van der Waals surface area contributed by atoms with Crippen LogP contribution in [0.15, 0.2) is 0 Å². The molecule has 2 nitrogen and oxygen atoms in total. The van der Waals surface area contributed by atoms with Crippen LogP contribution in [0.5, 0.6) is 0 Å². The van der Waals surface area contributed by atoms with Gasteiger partial charge in [-0.15, -0.1) is 0 Å². The van der Waals surface area contributed by atoms with Crippen molar-refractivity contribution >= 4 is 10.8 Å². The number of hydrogen-bond donors (Lipinski definition) is 1. The summed E-state index contributed by atoms with van der Waals surface area (Å²) < 4.78 is 11.3. The van der Waals surface area contributed by atoms with E-state index in [-0.39, 0.29) is 11.3 Å². The molecule has 2 N–H and O–H groups in total. The summed E-state index contributed by atoms with van der Waals surface area (Å²) in [6, 6.07) is 0.172. The summed E-state index contributed by atoms with van der Waals surface area (Å²) in [7, 11) is -0.665. The van der Waals surface area contributed by atoms with E-state index in [0.29, 0.717) is 0 Å². The second-order valence-electron chi connectivity index (χ2n) is 3.11. The van der Waals surface area contributed by atoms with Crippen LogP contribution in [-0.2, 0) is 10.8 Å². The Morgan fingerprint density at radius 1 is 1.45 bits per heavy atom. The van der Waals surface area contributed by atoms with Crippen molar-refractivity contribution < 1.29 is 4.21 Å². The first-order valence-corrected chi connectivity index (χ1v) is 5.58. The molecule has 0 bridgehead atoms. The van der Waals surface area contributed by atoms with E-state index in [1.165, 1.54) is 0 Å². The van der Waals surface area contributed by atoms with Crippen LogP contribution in [0, 0.1) is 0 Å². The van der Waals surface area contributed by atoms with Crippen LogP contribution < -0.4 is 5.73 Å². The molecule has 0 rings (SSSR count). The van der Waals surface area contributed by atoms with Crippen molar-refractivity contribution in [2.75, 3.05) is 5.75 Å². The first-order chi connectivity index (χ1) is 5.07. The fraction of sp³-hybridized carbons (Fsp3) is 1.00. The van der Waals surface area contributed by atoms with Crippen LogP contribution in [0.1, 0.15) is 33.6 Å². The molecular weight excluding hydrogens is 158 g/mol. The fourth-order valence-corrected chi connectivity index (χ4v) is 2.36. The Morgan fingerprint density at radius 3 is 2.36 bits per heavy atom. The molecule has 11 heavy (non-hydrogen) atoms. The Labute approximate surface area is 72.0 Å². The van der Waals surface area contributed by atoms with Gasteiger partial charge in [0.25, 0.3) is 0 Å². The SMILES string of the molecule is CCCS(=O)C(C)CC(C)N. The predicted octanol–water partition coefficient (Wildman–Crippen LogP) is 1.27. The van der Waals surface area contributed by atoms with Gasteiger partial charge in [0.1, 0.15) is 0 Å². The maximum absolute atomic E-state index is 11.3. The lowest BCUT2D eigenvalue weighted by atomic mass is 10.2. The average molecular weight is 177 g/mol. The second-order valence-corrected chi connectivity index (χ2v) is 5.08. The Morgan fingerprint density at radius 2 is 2.00 bits per heavy atom. The molecule has 3 atom stereocenters. The van der Waals surface area contributed by atoms with Crippen LogP contribution in [0.25, 0.3) is 0 Å². The van der Waals surface area contributed by atoms with E-state index in [4.69, 9.17) is 5.73 Å². The minimum Gasteiger partial charge on any atom is -0.328 e. The third-order valence-electron chi connectivity index (χ3n) is 1.56. The van der Waals surface area contributed by atoms with Gasteiger partial charge in [0.15, 0.2) is 0 Å². The zero-order chi connectivity index (χ0) is 8.85. The van der Waals surface area contributed by atoms with Gasteiger partial charge < -0.3 is 5.73 Å². The molecule has 0 radical (unpaired) electrons. The quantitative estimate of drug-likeness (QED) is 0.687. The smallest absolute Gasteiger partial charge is 0.0334 e. The van der Waals surface area contributed by atoms with Crippen molar-refractivity contribution in [3.63, 3.8) is 0 Å². The molecule has 68 valence electrons. The third kappa shape index (κ3) is 5.39. The van der Waals surface area contributed by atoms with E-state index in [9.17, 15) is 4.21 Å². The molecule has 0 aromatic heterocycles. The van der Waals surface area contributed by atoms with Crippen molar-refractivity contribution in [3.05, 3.63) is 0 Å². The van der Waals surface area contributed by atoms with Crippen molar-refractivity contribution in [2.45, 2.75) is 44.9 Å². The summed E-state index contributed by atoms with van der Waals surface area (Å²) in [6.07, 6.45) is 1.86. The van der Waals surface area contributed by atoms with Gasteiger partial charge in [0.2, 0.25) is 0 Å². The lowest BCUT2D eigenvalue weighted by molar-refractivity contribution is 0.627. The molecule has 0 aromatic rings. The van der Waals surface area contributed by atoms with E-state index in [1.54, 1.807) is 0 Å². The molecular formula is C8H19NOS. The van der Waals surface area contributed by atoms with Gasteiger partial charge in [0, 0.05) is 27.8 Å². The molecule has 0 spiro atoms. The average Bonchev–Trinajstić information content (AvgIpc) is 1.86. The zero-order valence-corrected chi connectivity index (χ0v) is 8.49. The lowest BCUT2D eigenvalue weighted by Gasteiger charge is -2.12. The highest BCUT2D eigenvalue weighted by Gasteiger charge is 2.11. The minimum absolute atomic E-state index is 0.172. The highest BCUT2D eigenvalue weighted by atomic mass is 32.2. The van der Waals surface area contributed by atoms with Crippen LogP contribution >= 0.6 is 0 Å². The van der Waals surface area contributed by atoms with Gasteiger partial charge in [-0.05, 0) is 19.8 Å². The van der Waals surface area contributed by atoms with E-state index >= 15 is 0 Å². The van der Waals surface area contributed by atoms with Gasteiger partial charge >= 0.3 is 0 Å². The molecule has 0 aliphatic rings. The Balaban J connectivity index is 3.64.